The molecular weight excluding hydrogens is 344 g/mol. The highest BCUT2D eigenvalue weighted by Gasteiger charge is 2.07. The molecule has 18 heavy (non-hydrogen) atoms. The molecule has 0 amide bonds. The van der Waals surface area contributed by atoms with E-state index in [2.05, 4.69) is 27.9 Å². The van der Waals surface area contributed by atoms with Crippen molar-refractivity contribution in [3.63, 3.8) is 0 Å². The fourth-order valence-corrected chi connectivity index (χ4v) is 2.16. The first kappa shape index (κ1) is 13.3. The van der Waals surface area contributed by atoms with Gasteiger partial charge in [-0.25, -0.2) is 4.39 Å². The molecule has 0 saturated heterocycles. The van der Waals surface area contributed by atoms with Gasteiger partial charge in [0.15, 0.2) is 0 Å². The van der Waals surface area contributed by atoms with Gasteiger partial charge in [0.1, 0.15) is 5.82 Å². The molecule has 0 spiro atoms. The lowest BCUT2D eigenvalue weighted by molar-refractivity contribution is 0.191. The van der Waals surface area contributed by atoms with E-state index in [1.165, 1.54) is 12.1 Å². The number of hydrogen-bond acceptors (Lipinski definition) is 2. The van der Waals surface area contributed by atoms with Gasteiger partial charge in [-0.3, -0.25) is 0 Å². The summed E-state index contributed by atoms with van der Waals surface area (Å²) in [5, 5.41) is 13.1. The first-order valence-corrected chi connectivity index (χ1v) is 6.66. The Morgan fingerprint density at radius 3 is 2.56 bits per heavy atom. The number of benzene rings is 2. The maximum absolute atomic E-state index is 12.7. The molecule has 2 rings (SSSR count). The molecule has 0 fully saturated rings. The summed E-state index contributed by atoms with van der Waals surface area (Å²) in [5.74, 6) is -0.295. The highest BCUT2D eigenvalue weighted by molar-refractivity contribution is 14.1. The average molecular weight is 357 g/mol. The van der Waals surface area contributed by atoms with Crippen molar-refractivity contribution in [1.29, 1.82) is 0 Å². The van der Waals surface area contributed by atoms with Crippen LogP contribution in [-0.4, -0.2) is 11.7 Å². The predicted octanol–water partition coefficient (Wildman–Crippen LogP) is 3.58. The summed E-state index contributed by atoms with van der Waals surface area (Å²) in [4.78, 5) is 0. The Morgan fingerprint density at radius 2 is 1.89 bits per heavy atom. The van der Waals surface area contributed by atoms with E-state index in [0.29, 0.717) is 12.1 Å². The van der Waals surface area contributed by atoms with Crippen LogP contribution in [0.1, 0.15) is 11.7 Å². The SMILES string of the molecule is OC(CNc1cccc(I)c1)c1ccc(F)cc1. The van der Waals surface area contributed by atoms with E-state index in [4.69, 9.17) is 0 Å². The van der Waals surface area contributed by atoms with E-state index in [9.17, 15) is 9.50 Å². The van der Waals surface area contributed by atoms with Gasteiger partial charge < -0.3 is 10.4 Å². The lowest BCUT2D eigenvalue weighted by atomic mass is 10.1. The molecule has 1 unspecified atom stereocenters. The van der Waals surface area contributed by atoms with Crippen LogP contribution in [0.15, 0.2) is 48.5 Å². The maximum Gasteiger partial charge on any atom is 0.123 e. The van der Waals surface area contributed by atoms with Crippen molar-refractivity contribution < 1.29 is 9.50 Å². The van der Waals surface area contributed by atoms with Gasteiger partial charge in [-0.2, -0.15) is 0 Å². The van der Waals surface area contributed by atoms with Crippen LogP contribution in [0.4, 0.5) is 10.1 Å². The molecule has 1 atom stereocenters. The summed E-state index contributed by atoms with van der Waals surface area (Å²) in [6, 6.07) is 13.8. The fourth-order valence-electron chi connectivity index (χ4n) is 1.62. The number of aliphatic hydroxyl groups is 1. The molecule has 0 heterocycles. The van der Waals surface area contributed by atoms with Crippen LogP contribution in [0.25, 0.3) is 0 Å². The lowest BCUT2D eigenvalue weighted by Crippen LogP contribution is -2.12. The molecule has 0 bridgehead atoms. The number of hydrogen-bond donors (Lipinski definition) is 2. The zero-order valence-corrected chi connectivity index (χ0v) is 11.8. The molecule has 0 radical (unpaired) electrons. The first-order valence-electron chi connectivity index (χ1n) is 5.58. The Balaban J connectivity index is 1.96. The monoisotopic (exact) mass is 357 g/mol. The molecule has 4 heteroatoms. The molecular formula is C14H13FINO. The number of anilines is 1. The molecule has 2 aromatic carbocycles. The zero-order valence-electron chi connectivity index (χ0n) is 9.61. The number of halogens is 2. The second-order valence-corrected chi connectivity index (χ2v) is 5.20. The van der Waals surface area contributed by atoms with E-state index in [1.807, 2.05) is 24.3 Å². The summed E-state index contributed by atoms with van der Waals surface area (Å²) in [7, 11) is 0. The highest BCUT2D eigenvalue weighted by atomic mass is 127. The van der Waals surface area contributed by atoms with Crippen molar-refractivity contribution >= 4 is 28.3 Å². The van der Waals surface area contributed by atoms with Crippen molar-refractivity contribution in [2.24, 2.45) is 0 Å². The molecule has 0 aromatic heterocycles. The number of nitrogens with one attached hydrogen (secondary N) is 1. The van der Waals surface area contributed by atoms with Crippen LogP contribution in [0.2, 0.25) is 0 Å². The second kappa shape index (κ2) is 6.15. The van der Waals surface area contributed by atoms with Crippen LogP contribution < -0.4 is 5.32 Å². The minimum Gasteiger partial charge on any atom is -0.387 e. The zero-order chi connectivity index (χ0) is 13.0. The van der Waals surface area contributed by atoms with Gasteiger partial charge in [-0.05, 0) is 58.5 Å². The van der Waals surface area contributed by atoms with E-state index in [0.717, 1.165) is 9.26 Å². The van der Waals surface area contributed by atoms with Crippen molar-refractivity contribution in [2.45, 2.75) is 6.10 Å². The van der Waals surface area contributed by atoms with Gasteiger partial charge in [0.05, 0.1) is 6.10 Å². The third-order valence-electron chi connectivity index (χ3n) is 2.58. The molecule has 0 saturated carbocycles. The normalized spacial score (nSPS) is 12.2. The molecule has 0 aliphatic rings. The third-order valence-corrected chi connectivity index (χ3v) is 3.25. The number of rotatable bonds is 4. The van der Waals surface area contributed by atoms with Crippen LogP contribution in [-0.2, 0) is 0 Å². The van der Waals surface area contributed by atoms with Crippen molar-refractivity contribution in [3.8, 4) is 0 Å². The minimum atomic E-state index is -0.650. The van der Waals surface area contributed by atoms with Gasteiger partial charge in [0.25, 0.3) is 0 Å². The van der Waals surface area contributed by atoms with Crippen LogP contribution in [0, 0.1) is 9.39 Å². The molecule has 2 N–H and O–H groups in total. The Kier molecular flexibility index (Phi) is 4.54. The Bertz CT molecular complexity index is 515. The van der Waals surface area contributed by atoms with Gasteiger partial charge >= 0.3 is 0 Å². The molecule has 2 aromatic rings. The van der Waals surface area contributed by atoms with E-state index in [1.54, 1.807) is 12.1 Å². The van der Waals surface area contributed by atoms with Crippen molar-refractivity contribution in [3.05, 3.63) is 63.5 Å². The van der Waals surface area contributed by atoms with Gasteiger partial charge in [-0.1, -0.05) is 18.2 Å². The summed E-state index contributed by atoms with van der Waals surface area (Å²) < 4.78 is 13.9. The molecule has 94 valence electrons. The quantitative estimate of drug-likeness (QED) is 0.820. The lowest BCUT2D eigenvalue weighted by Gasteiger charge is -2.13. The molecule has 0 aliphatic carbocycles. The summed E-state index contributed by atoms with van der Waals surface area (Å²) in [5.41, 5.74) is 1.66. The summed E-state index contributed by atoms with van der Waals surface area (Å²) in [6.45, 7) is 0.395. The maximum atomic E-state index is 12.7. The number of aliphatic hydroxyl groups excluding tert-OH is 1. The smallest absolute Gasteiger partial charge is 0.123 e. The highest BCUT2D eigenvalue weighted by Crippen LogP contribution is 2.16. The average Bonchev–Trinajstić information content (AvgIpc) is 2.37. The summed E-state index contributed by atoms with van der Waals surface area (Å²) in [6.07, 6.45) is -0.650. The fraction of sp³-hybridized carbons (Fsp3) is 0.143. The Labute approximate surface area is 119 Å². The van der Waals surface area contributed by atoms with Crippen LogP contribution in [0.5, 0.6) is 0 Å². The predicted molar refractivity (Wildman–Crippen MR) is 79.0 cm³/mol. The molecule has 0 aliphatic heterocycles. The third kappa shape index (κ3) is 3.68. The first-order chi connectivity index (χ1) is 8.65. The van der Waals surface area contributed by atoms with Gasteiger partial charge in [0.2, 0.25) is 0 Å². The van der Waals surface area contributed by atoms with Gasteiger partial charge in [0, 0.05) is 15.8 Å². The van der Waals surface area contributed by atoms with E-state index < -0.39 is 6.10 Å². The van der Waals surface area contributed by atoms with Crippen molar-refractivity contribution in [1.82, 2.24) is 0 Å². The standard InChI is InChI=1S/C14H13FINO/c15-11-6-4-10(5-7-11)14(18)9-17-13-3-1-2-12(16)8-13/h1-8,14,17-18H,9H2. The van der Waals surface area contributed by atoms with E-state index in [-0.39, 0.29) is 5.82 Å². The largest absolute Gasteiger partial charge is 0.387 e. The molecule has 2 nitrogen and oxygen atoms in total. The van der Waals surface area contributed by atoms with Crippen LogP contribution in [0.3, 0.4) is 0 Å². The van der Waals surface area contributed by atoms with Gasteiger partial charge in [-0.15, -0.1) is 0 Å². The summed E-state index contributed by atoms with van der Waals surface area (Å²) >= 11 is 2.23. The Morgan fingerprint density at radius 1 is 1.17 bits per heavy atom. The Hall–Kier alpha value is -1.14. The topological polar surface area (TPSA) is 32.3 Å². The van der Waals surface area contributed by atoms with Crippen LogP contribution >= 0.6 is 22.6 Å². The van der Waals surface area contributed by atoms with Crippen molar-refractivity contribution in [2.75, 3.05) is 11.9 Å². The van der Waals surface area contributed by atoms with E-state index >= 15 is 0 Å². The second-order valence-electron chi connectivity index (χ2n) is 3.96. The minimum absolute atomic E-state index is 0.295.